The second kappa shape index (κ2) is 27.3. The molecule has 0 amide bonds. The highest BCUT2D eigenvalue weighted by Gasteiger charge is 2.14. The summed E-state index contributed by atoms with van der Waals surface area (Å²) >= 11 is -0.646. The topological polar surface area (TPSA) is 98.7 Å². The van der Waals surface area contributed by atoms with Crippen LogP contribution in [0.3, 0.4) is 0 Å². The third-order valence-corrected chi connectivity index (χ3v) is 7.81. The lowest BCUT2D eigenvalue weighted by atomic mass is 10.0. The molecular weight excluding hydrogens is 522 g/mol. The first-order valence-electron chi connectivity index (χ1n) is 15.1. The van der Waals surface area contributed by atoms with Gasteiger partial charge in [-0.15, -0.1) is 0 Å². The molecule has 0 saturated carbocycles. The van der Waals surface area contributed by atoms with Gasteiger partial charge >= 0.3 is 0 Å². The standard InChI is InChI=1S/C18H36O.C10H24NO2S.CH4O3S/c1-2-3-4-5-6-7-8-9-10-11-12-13-15-18-16-14-17-19-18;1-11(2,3)7-5-9-14(12)10-6-8-13-4;1-5(2,3)4/h18H,2-17H2,1H3;5-10H2,1-4H3;1H3,(H,2,3,4)/q;+1;/p-1. The van der Waals surface area contributed by atoms with Crippen molar-refractivity contribution in [2.24, 2.45) is 0 Å². The van der Waals surface area contributed by atoms with E-state index in [-0.39, 0.29) is 0 Å². The van der Waals surface area contributed by atoms with Gasteiger partial charge in [0, 0.05) is 32.8 Å². The molecule has 2 unspecified atom stereocenters. The van der Waals surface area contributed by atoms with Crippen LogP contribution in [0.5, 0.6) is 0 Å². The number of rotatable bonds is 21. The van der Waals surface area contributed by atoms with Crippen molar-refractivity contribution in [3.63, 3.8) is 0 Å². The molecular formula is C29H63NO6S2. The van der Waals surface area contributed by atoms with E-state index in [4.69, 9.17) is 22.4 Å². The minimum atomic E-state index is -3.92. The third-order valence-electron chi connectivity index (χ3n) is 6.33. The van der Waals surface area contributed by atoms with Gasteiger partial charge in [0.2, 0.25) is 0 Å². The van der Waals surface area contributed by atoms with Gasteiger partial charge in [-0.1, -0.05) is 95.1 Å². The Hall–Kier alpha value is 0.1000. The number of quaternary nitrogens is 1. The SMILES string of the molecule is CCCCCCCCCCCCCCC1CCCO1.COCCC[S+]([O-])CCC[N+](C)(C)C.CS(=O)(=O)[O-]. The predicted octanol–water partition coefficient (Wildman–Crippen LogP) is 6.29. The van der Waals surface area contributed by atoms with Gasteiger partial charge in [-0.05, 0) is 19.3 Å². The molecule has 1 saturated heterocycles. The molecule has 1 fully saturated rings. The van der Waals surface area contributed by atoms with E-state index in [9.17, 15) is 4.55 Å². The number of methoxy groups -OCH3 is 1. The van der Waals surface area contributed by atoms with Crippen molar-refractivity contribution in [1.29, 1.82) is 0 Å². The van der Waals surface area contributed by atoms with E-state index in [1.54, 1.807) is 7.11 Å². The van der Waals surface area contributed by atoms with Gasteiger partial charge in [0.1, 0.15) is 11.5 Å². The Bertz CT molecular complexity index is 570. The summed E-state index contributed by atoms with van der Waals surface area (Å²) in [6, 6.07) is 0. The molecule has 0 aromatic carbocycles. The van der Waals surface area contributed by atoms with Crippen molar-refractivity contribution >= 4 is 21.3 Å². The van der Waals surface area contributed by atoms with Gasteiger partial charge in [0.15, 0.2) is 0 Å². The fraction of sp³-hybridized carbons (Fsp3) is 1.00. The van der Waals surface area contributed by atoms with Gasteiger partial charge in [0.25, 0.3) is 0 Å². The predicted molar refractivity (Wildman–Crippen MR) is 162 cm³/mol. The Balaban J connectivity index is 0. The smallest absolute Gasteiger partial charge is 0.110 e. The van der Waals surface area contributed by atoms with Crippen LogP contribution in [0.1, 0.15) is 116 Å². The summed E-state index contributed by atoms with van der Waals surface area (Å²) in [4.78, 5) is 0. The highest BCUT2D eigenvalue weighted by atomic mass is 32.2. The molecule has 232 valence electrons. The Labute approximate surface area is 240 Å². The second-order valence-electron chi connectivity index (χ2n) is 11.6. The van der Waals surface area contributed by atoms with Crippen LogP contribution < -0.4 is 0 Å². The number of nitrogens with zero attached hydrogens (tertiary/aromatic N) is 1. The van der Waals surface area contributed by atoms with Crippen LogP contribution in [-0.4, -0.2) is 93.9 Å². The summed E-state index contributed by atoms with van der Waals surface area (Å²) in [5.41, 5.74) is 0. The molecule has 0 bridgehead atoms. The molecule has 1 rings (SSSR count). The van der Waals surface area contributed by atoms with E-state index in [0.29, 0.717) is 12.4 Å². The van der Waals surface area contributed by atoms with Crippen molar-refractivity contribution < 1.29 is 31.5 Å². The fourth-order valence-electron chi connectivity index (χ4n) is 4.25. The molecule has 0 aliphatic carbocycles. The van der Waals surface area contributed by atoms with E-state index in [0.717, 1.165) is 48.6 Å². The first-order chi connectivity index (χ1) is 17.9. The molecule has 1 aliphatic heterocycles. The van der Waals surface area contributed by atoms with Crippen molar-refractivity contribution in [2.75, 3.05) is 65.8 Å². The molecule has 1 heterocycles. The number of unbranched alkanes of at least 4 members (excludes halogenated alkanes) is 11. The van der Waals surface area contributed by atoms with E-state index in [1.165, 1.54) is 96.3 Å². The molecule has 0 aromatic rings. The highest BCUT2D eigenvalue weighted by Crippen LogP contribution is 2.19. The summed E-state index contributed by atoms with van der Waals surface area (Å²) in [5.74, 6) is 1.62. The van der Waals surface area contributed by atoms with Crippen molar-refractivity contribution in [1.82, 2.24) is 0 Å². The third kappa shape index (κ3) is 40.6. The lowest BCUT2D eigenvalue weighted by Crippen LogP contribution is -2.36. The average Bonchev–Trinajstić information content (AvgIpc) is 3.32. The number of hydrogen-bond donors (Lipinski definition) is 0. The van der Waals surface area contributed by atoms with Gasteiger partial charge in [-0.2, -0.15) is 0 Å². The summed E-state index contributed by atoms with van der Waals surface area (Å²) in [6.07, 6.45) is 24.4. The van der Waals surface area contributed by atoms with Gasteiger partial charge in [-0.25, -0.2) is 8.42 Å². The maximum Gasteiger partial charge on any atom is 0.110 e. The quantitative estimate of drug-likeness (QED) is 0.0680. The zero-order chi connectivity index (χ0) is 29.1. The molecule has 38 heavy (non-hydrogen) atoms. The monoisotopic (exact) mass is 585 g/mol. The number of hydrogen-bond acceptors (Lipinski definition) is 6. The zero-order valence-electron chi connectivity index (χ0n) is 25.8. The molecule has 0 spiro atoms. The maximum absolute atomic E-state index is 11.5. The van der Waals surface area contributed by atoms with E-state index in [2.05, 4.69) is 28.1 Å². The van der Waals surface area contributed by atoms with E-state index in [1.807, 2.05) is 0 Å². The van der Waals surface area contributed by atoms with E-state index >= 15 is 0 Å². The summed E-state index contributed by atoms with van der Waals surface area (Å²) in [6.45, 7) is 5.12. The summed E-state index contributed by atoms with van der Waals surface area (Å²) in [7, 11) is 4.25. The molecule has 7 nitrogen and oxygen atoms in total. The Morgan fingerprint density at radius 3 is 1.76 bits per heavy atom. The molecule has 1 aliphatic rings. The first kappa shape index (κ1) is 40.2. The van der Waals surface area contributed by atoms with Crippen LogP contribution in [0.15, 0.2) is 0 Å². The van der Waals surface area contributed by atoms with Crippen LogP contribution in [0.4, 0.5) is 0 Å². The Kier molecular flexibility index (Phi) is 28.9. The average molecular weight is 586 g/mol. The van der Waals surface area contributed by atoms with Crippen LogP contribution in [0.25, 0.3) is 0 Å². The molecule has 0 aromatic heterocycles. The zero-order valence-corrected chi connectivity index (χ0v) is 27.5. The minimum absolute atomic E-state index is 0.604. The van der Waals surface area contributed by atoms with Crippen molar-refractivity contribution in [3.8, 4) is 0 Å². The minimum Gasteiger partial charge on any atom is -0.748 e. The van der Waals surface area contributed by atoms with Gasteiger partial charge < -0.3 is 23.1 Å². The number of ether oxygens (including phenoxy) is 2. The molecule has 9 heteroatoms. The first-order valence-corrected chi connectivity index (χ1v) is 18.4. The largest absolute Gasteiger partial charge is 0.748 e. The molecule has 2 atom stereocenters. The van der Waals surface area contributed by atoms with Gasteiger partial charge in [-0.3, -0.25) is 0 Å². The maximum atomic E-state index is 11.5. The summed E-state index contributed by atoms with van der Waals surface area (Å²) in [5, 5.41) is 0. The molecule has 0 N–H and O–H groups in total. The lowest BCUT2D eigenvalue weighted by Gasteiger charge is -2.23. The van der Waals surface area contributed by atoms with Crippen LogP contribution in [0, 0.1) is 0 Å². The van der Waals surface area contributed by atoms with Crippen LogP contribution >= 0.6 is 0 Å². The Morgan fingerprint density at radius 2 is 1.34 bits per heavy atom. The van der Waals surface area contributed by atoms with Gasteiger partial charge in [0.05, 0.1) is 50.5 Å². The lowest BCUT2D eigenvalue weighted by molar-refractivity contribution is -0.870. The van der Waals surface area contributed by atoms with Crippen molar-refractivity contribution in [2.45, 2.75) is 122 Å². The van der Waals surface area contributed by atoms with Crippen LogP contribution in [-0.2, 0) is 30.8 Å². The fourth-order valence-corrected chi connectivity index (χ4v) is 5.35. The van der Waals surface area contributed by atoms with Crippen LogP contribution in [0.2, 0.25) is 0 Å². The summed E-state index contributed by atoms with van der Waals surface area (Å²) < 4.78 is 50.2. The van der Waals surface area contributed by atoms with Crippen molar-refractivity contribution in [3.05, 3.63) is 0 Å². The van der Waals surface area contributed by atoms with E-state index < -0.39 is 21.3 Å². The Morgan fingerprint density at radius 1 is 0.868 bits per heavy atom. The highest BCUT2D eigenvalue weighted by molar-refractivity contribution is 7.91. The molecule has 0 radical (unpaired) electrons. The second-order valence-corrected chi connectivity index (χ2v) is 14.7. The normalized spacial score (nSPS) is 16.4.